The largest absolute Gasteiger partial charge is 0.378 e. The molecule has 6 nitrogen and oxygen atoms in total. The minimum absolute atomic E-state index is 0.0447. The molecular formula is C15H27N3O3. The maximum Gasteiger partial charge on any atom is 0.224 e. The molecule has 0 bridgehead atoms. The Labute approximate surface area is 126 Å². The number of hydrogen-bond acceptors (Lipinski definition) is 4. The van der Waals surface area contributed by atoms with Crippen LogP contribution >= 0.6 is 0 Å². The standard InChI is InChI=1S/C15H27N3O3/c1-11-10-12(16)2-3-13(11)15(20)17-5-4-14(19)18-6-8-21-9-7-18/h11-13H,2-10,16H2,1H3,(H,17,20). The average Bonchev–Trinajstić information content (AvgIpc) is 2.47. The summed E-state index contributed by atoms with van der Waals surface area (Å²) in [6.07, 6.45) is 3.04. The zero-order valence-electron chi connectivity index (χ0n) is 12.8. The highest BCUT2D eigenvalue weighted by molar-refractivity contribution is 5.80. The van der Waals surface area contributed by atoms with E-state index in [4.69, 9.17) is 10.5 Å². The van der Waals surface area contributed by atoms with Crippen molar-refractivity contribution >= 4 is 11.8 Å². The van der Waals surface area contributed by atoms with Crippen LogP contribution in [0.3, 0.4) is 0 Å². The zero-order chi connectivity index (χ0) is 15.2. The van der Waals surface area contributed by atoms with Gasteiger partial charge in [0.2, 0.25) is 11.8 Å². The summed E-state index contributed by atoms with van der Waals surface area (Å²) < 4.78 is 5.22. The Balaban J connectivity index is 1.68. The molecule has 120 valence electrons. The highest BCUT2D eigenvalue weighted by Crippen LogP contribution is 2.29. The molecule has 1 heterocycles. The van der Waals surface area contributed by atoms with E-state index in [9.17, 15) is 9.59 Å². The summed E-state index contributed by atoms with van der Waals surface area (Å²) in [6.45, 7) is 5.04. The summed E-state index contributed by atoms with van der Waals surface area (Å²) in [5.41, 5.74) is 5.92. The molecule has 3 unspecified atom stereocenters. The van der Waals surface area contributed by atoms with Crippen molar-refractivity contribution in [2.24, 2.45) is 17.6 Å². The van der Waals surface area contributed by atoms with E-state index in [-0.39, 0.29) is 23.8 Å². The van der Waals surface area contributed by atoms with Crippen molar-refractivity contribution in [2.75, 3.05) is 32.8 Å². The summed E-state index contributed by atoms with van der Waals surface area (Å²) in [6, 6.07) is 0.229. The van der Waals surface area contributed by atoms with E-state index in [0.29, 0.717) is 45.2 Å². The highest BCUT2D eigenvalue weighted by atomic mass is 16.5. The van der Waals surface area contributed by atoms with Crippen LogP contribution in [0.4, 0.5) is 0 Å². The number of carbonyl (C=O) groups excluding carboxylic acids is 2. The summed E-state index contributed by atoms with van der Waals surface area (Å²) in [7, 11) is 0. The van der Waals surface area contributed by atoms with E-state index < -0.39 is 0 Å². The summed E-state index contributed by atoms with van der Waals surface area (Å²) in [5, 5.41) is 2.91. The minimum atomic E-state index is 0.0447. The first kappa shape index (κ1) is 16.2. The van der Waals surface area contributed by atoms with Crippen LogP contribution in [0.5, 0.6) is 0 Å². The van der Waals surface area contributed by atoms with Gasteiger partial charge in [-0.25, -0.2) is 0 Å². The normalized spacial score (nSPS) is 30.0. The molecule has 0 radical (unpaired) electrons. The van der Waals surface area contributed by atoms with Crippen molar-refractivity contribution in [2.45, 2.75) is 38.6 Å². The Morgan fingerprint density at radius 3 is 2.67 bits per heavy atom. The van der Waals surface area contributed by atoms with Gasteiger partial charge in [-0.15, -0.1) is 0 Å². The second kappa shape index (κ2) is 7.75. The lowest BCUT2D eigenvalue weighted by atomic mass is 9.78. The minimum Gasteiger partial charge on any atom is -0.378 e. The monoisotopic (exact) mass is 297 g/mol. The van der Waals surface area contributed by atoms with Crippen LogP contribution in [0.25, 0.3) is 0 Å². The molecule has 0 aromatic carbocycles. The third kappa shape index (κ3) is 4.68. The van der Waals surface area contributed by atoms with E-state index in [1.807, 2.05) is 0 Å². The summed E-state index contributed by atoms with van der Waals surface area (Å²) in [4.78, 5) is 25.9. The molecule has 2 fully saturated rings. The number of rotatable bonds is 4. The fourth-order valence-corrected chi connectivity index (χ4v) is 3.22. The topological polar surface area (TPSA) is 84.7 Å². The van der Waals surface area contributed by atoms with Crippen LogP contribution in [-0.2, 0) is 14.3 Å². The molecule has 21 heavy (non-hydrogen) atoms. The number of amides is 2. The second-order valence-electron chi connectivity index (χ2n) is 6.19. The lowest BCUT2D eigenvalue weighted by Crippen LogP contribution is -2.43. The van der Waals surface area contributed by atoms with Crippen LogP contribution in [0.2, 0.25) is 0 Å². The number of nitrogens with zero attached hydrogens (tertiary/aromatic N) is 1. The van der Waals surface area contributed by atoms with Crippen LogP contribution in [0.15, 0.2) is 0 Å². The van der Waals surface area contributed by atoms with E-state index in [2.05, 4.69) is 12.2 Å². The van der Waals surface area contributed by atoms with E-state index in [1.165, 1.54) is 0 Å². The molecule has 2 amide bonds. The summed E-state index contributed by atoms with van der Waals surface area (Å²) >= 11 is 0. The predicted molar refractivity (Wildman–Crippen MR) is 79.5 cm³/mol. The number of ether oxygens (including phenoxy) is 1. The Bertz CT molecular complexity index is 369. The van der Waals surface area contributed by atoms with Crippen molar-refractivity contribution in [1.82, 2.24) is 10.2 Å². The summed E-state index contributed by atoms with van der Waals surface area (Å²) in [5.74, 6) is 0.536. The Hall–Kier alpha value is -1.14. The van der Waals surface area contributed by atoms with Crippen molar-refractivity contribution < 1.29 is 14.3 Å². The van der Waals surface area contributed by atoms with Gasteiger partial charge in [-0.2, -0.15) is 0 Å². The smallest absolute Gasteiger partial charge is 0.224 e. The van der Waals surface area contributed by atoms with Gasteiger partial charge in [0.05, 0.1) is 13.2 Å². The molecule has 3 N–H and O–H groups in total. The lowest BCUT2D eigenvalue weighted by Gasteiger charge is -2.31. The SMILES string of the molecule is CC1CC(N)CCC1C(=O)NCCC(=O)N1CCOCC1. The second-order valence-corrected chi connectivity index (χ2v) is 6.19. The third-order valence-corrected chi connectivity index (χ3v) is 4.55. The fourth-order valence-electron chi connectivity index (χ4n) is 3.22. The molecule has 0 spiro atoms. The molecule has 0 aromatic rings. The molecular weight excluding hydrogens is 270 g/mol. The number of nitrogens with two attached hydrogens (primary N) is 1. The Morgan fingerprint density at radius 1 is 1.29 bits per heavy atom. The first-order chi connectivity index (χ1) is 10.1. The van der Waals surface area contributed by atoms with Gasteiger partial charge >= 0.3 is 0 Å². The van der Waals surface area contributed by atoms with Crippen LogP contribution < -0.4 is 11.1 Å². The number of morpholine rings is 1. The van der Waals surface area contributed by atoms with Crippen LogP contribution in [0, 0.1) is 11.8 Å². The van der Waals surface area contributed by atoms with Crippen LogP contribution in [0.1, 0.15) is 32.6 Å². The van der Waals surface area contributed by atoms with Gasteiger partial charge in [0.15, 0.2) is 0 Å². The maximum atomic E-state index is 12.2. The van der Waals surface area contributed by atoms with Gasteiger partial charge in [-0.05, 0) is 25.2 Å². The Morgan fingerprint density at radius 2 is 2.00 bits per heavy atom. The molecule has 0 aromatic heterocycles. The number of hydrogen-bond donors (Lipinski definition) is 2. The first-order valence-electron chi connectivity index (χ1n) is 7.96. The molecule has 2 aliphatic rings. The number of carbonyl (C=O) groups is 2. The van der Waals surface area contributed by atoms with E-state index in [0.717, 1.165) is 19.3 Å². The molecule has 2 rings (SSSR count). The van der Waals surface area contributed by atoms with E-state index >= 15 is 0 Å². The van der Waals surface area contributed by atoms with Crippen molar-refractivity contribution in [3.8, 4) is 0 Å². The lowest BCUT2D eigenvalue weighted by molar-refractivity contribution is -0.135. The molecule has 1 aliphatic carbocycles. The molecule has 1 aliphatic heterocycles. The Kier molecular flexibility index (Phi) is 5.99. The van der Waals surface area contributed by atoms with Crippen molar-refractivity contribution in [3.05, 3.63) is 0 Å². The van der Waals surface area contributed by atoms with Crippen molar-refractivity contribution in [1.29, 1.82) is 0 Å². The fraction of sp³-hybridized carbons (Fsp3) is 0.867. The quantitative estimate of drug-likeness (QED) is 0.771. The molecule has 3 atom stereocenters. The molecule has 1 saturated heterocycles. The zero-order valence-corrected chi connectivity index (χ0v) is 12.8. The third-order valence-electron chi connectivity index (χ3n) is 4.55. The van der Waals surface area contributed by atoms with Gasteiger partial charge in [0.1, 0.15) is 0 Å². The number of nitrogens with one attached hydrogen (secondary N) is 1. The molecule has 6 heteroatoms. The van der Waals surface area contributed by atoms with Gasteiger partial charge in [0, 0.05) is 38.0 Å². The predicted octanol–water partition coefficient (Wildman–Crippen LogP) is 0.115. The highest BCUT2D eigenvalue weighted by Gasteiger charge is 2.30. The van der Waals surface area contributed by atoms with Gasteiger partial charge in [0.25, 0.3) is 0 Å². The van der Waals surface area contributed by atoms with E-state index in [1.54, 1.807) is 4.90 Å². The van der Waals surface area contributed by atoms with Gasteiger partial charge in [-0.3, -0.25) is 9.59 Å². The maximum absolute atomic E-state index is 12.2. The van der Waals surface area contributed by atoms with Crippen LogP contribution in [-0.4, -0.2) is 55.6 Å². The molecule has 1 saturated carbocycles. The van der Waals surface area contributed by atoms with Gasteiger partial charge < -0.3 is 20.7 Å². The average molecular weight is 297 g/mol. The van der Waals surface area contributed by atoms with Gasteiger partial charge in [-0.1, -0.05) is 6.92 Å². The van der Waals surface area contributed by atoms with Crippen molar-refractivity contribution in [3.63, 3.8) is 0 Å². The first-order valence-corrected chi connectivity index (χ1v) is 7.96.